The lowest BCUT2D eigenvalue weighted by atomic mass is 9.88. The molecule has 0 aromatic heterocycles. The Kier molecular flexibility index (Phi) is 4.30. The quantitative estimate of drug-likeness (QED) is 0.800. The number of benzene rings is 1. The standard InChI is InChI=1S/C13H21NO/c1-4-13(15,10-11-14(2)3)12-8-6-5-7-9-12/h5-9,15H,4,10-11H2,1-3H3. The first-order valence-corrected chi connectivity index (χ1v) is 5.51. The summed E-state index contributed by atoms with van der Waals surface area (Å²) in [5.74, 6) is 0. The normalized spacial score (nSPS) is 15.3. The summed E-state index contributed by atoms with van der Waals surface area (Å²) >= 11 is 0. The van der Waals surface area contributed by atoms with Crippen LogP contribution in [0, 0.1) is 0 Å². The minimum Gasteiger partial charge on any atom is -0.385 e. The maximum Gasteiger partial charge on any atom is 0.0906 e. The van der Waals surface area contributed by atoms with Gasteiger partial charge in [-0.05, 0) is 32.5 Å². The zero-order valence-corrected chi connectivity index (χ0v) is 9.90. The molecule has 2 nitrogen and oxygen atoms in total. The highest BCUT2D eigenvalue weighted by atomic mass is 16.3. The van der Waals surface area contributed by atoms with Gasteiger partial charge in [0.25, 0.3) is 0 Å². The fourth-order valence-electron chi connectivity index (χ4n) is 1.68. The monoisotopic (exact) mass is 207 g/mol. The molecule has 0 aliphatic rings. The molecule has 0 aliphatic heterocycles. The molecule has 1 N–H and O–H groups in total. The van der Waals surface area contributed by atoms with Crippen LogP contribution < -0.4 is 0 Å². The first kappa shape index (κ1) is 12.2. The van der Waals surface area contributed by atoms with Gasteiger partial charge in [-0.25, -0.2) is 0 Å². The van der Waals surface area contributed by atoms with E-state index in [0.29, 0.717) is 0 Å². The summed E-state index contributed by atoms with van der Waals surface area (Å²) in [5.41, 5.74) is 0.347. The van der Waals surface area contributed by atoms with Crippen LogP contribution in [0.3, 0.4) is 0 Å². The van der Waals surface area contributed by atoms with Crippen molar-refractivity contribution in [3.05, 3.63) is 35.9 Å². The zero-order chi connectivity index (χ0) is 11.3. The van der Waals surface area contributed by atoms with Crippen molar-refractivity contribution in [1.29, 1.82) is 0 Å². The molecule has 1 atom stereocenters. The van der Waals surface area contributed by atoms with Crippen LogP contribution in [0.25, 0.3) is 0 Å². The molecule has 0 amide bonds. The Labute approximate surface area is 92.5 Å². The van der Waals surface area contributed by atoms with Gasteiger partial charge in [-0.2, -0.15) is 0 Å². The average molecular weight is 207 g/mol. The molecule has 0 radical (unpaired) electrons. The van der Waals surface area contributed by atoms with Gasteiger partial charge >= 0.3 is 0 Å². The van der Waals surface area contributed by atoms with Crippen molar-refractivity contribution < 1.29 is 5.11 Å². The molecule has 1 aromatic rings. The summed E-state index contributed by atoms with van der Waals surface area (Å²) in [4.78, 5) is 2.10. The van der Waals surface area contributed by atoms with Crippen LogP contribution in [0.15, 0.2) is 30.3 Å². The van der Waals surface area contributed by atoms with Crippen molar-refractivity contribution in [2.24, 2.45) is 0 Å². The highest BCUT2D eigenvalue weighted by Crippen LogP contribution is 2.28. The Morgan fingerprint density at radius 3 is 2.27 bits per heavy atom. The predicted octanol–water partition coefficient (Wildman–Crippen LogP) is 2.24. The topological polar surface area (TPSA) is 23.5 Å². The fraction of sp³-hybridized carbons (Fsp3) is 0.538. The van der Waals surface area contributed by atoms with Crippen molar-refractivity contribution in [3.63, 3.8) is 0 Å². The lowest BCUT2D eigenvalue weighted by Gasteiger charge is -2.28. The summed E-state index contributed by atoms with van der Waals surface area (Å²) < 4.78 is 0. The number of hydrogen-bond acceptors (Lipinski definition) is 2. The third-order valence-corrected chi connectivity index (χ3v) is 2.87. The second-order valence-electron chi connectivity index (χ2n) is 4.30. The van der Waals surface area contributed by atoms with E-state index < -0.39 is 5.60 Å². The number of rotatable bonds is 5. The predicted molar refractivity (Wildman–Crippen MR) is 63.8 cm³/mol. The number of aliphatic hydroxyl groups is 1. The van der Waals surface area contributed by atoms with Crippen molar-refractivity contribution in [1.82, 2.24) is 4.90 Å². The van der Waals surface area contributed by atoms with Gasteiger partial charge in [-0.15, -0.1) is 0 Å². The van der Waals surface area contributed by atoms with Crippen LogP contribution in [0.1, 0.15) is 25.3 Å². The van der Waals surface area contributed by atoms with Crippen LogP contribution in [0.2, 0.25) is 0 Å². The van der Waals surface area contributed by atoms with Crippen LogP contribution in [0.5, 0.6) is 0 Å². The van der Waals surface area contributed by atoms with Crippen LogP contribution >= 0.6 is 0 Å². The molecule has 15 heavy (non-hydrogen) atoms. The molecule has 1 aromatic carbocycles. The molecule has 84 valence electrons. The highest BCUT2D eigenvalue weighted by Gasteiger charge is 2.26. The molecule has 0 heterocycles. The third kappa shape index (κ3) is 3.33. The lowest BCUT2D eigenvalue weighted by Crippen LogP contribution is -2.29. The molecule has 0 spiro atoms. The summed E-state index contributed by atoms with van der Waals surface area (Å²) in [5, 5.41) is 10.5. The van der Waals surface area contributed by atoms with Crippen molar-refractivity contribution in [2.75, 3.05) is 20.6 Å². The van der Waals surface area contributed by atoms with Crippen molar-refractivity contribution in [3.8, 4) is 0 Å². The molecule has 0 saturated heterocycles. The van der Waals surface area contributed by atoms with E-state index in [1.54, 1.807) is 0 Å². The van der Waals surface area contributed by atoms with Crippen LogP contribution in [-0.2, 0) is 5.60 Å². The SMILES string of the molecule is CCC(O)(CCN(C)C)c1ccccc1. The summed E-state index contributed by atoms with van der Waals surface area (Å²) in [7, 11) is 4.06. The minimum absolute atomic E-state index is 0.675. The van der Waals surface area contributed by atoms with Gasteiger partial charge in [0.1, 0.15) is 0 Å². The molecule has 0 aliphatic carbocycles. The van der Waals surface area contributed by atoms with E-state index in [1.165, 1.54) is 0 Å². The second-order valence-corrected chi connectivity index (χ2v) is 4.30. The minimum atomic E-state index is -0.675. The van der Waals surface area contributed by atoms with E-state index in [0.717, 1.165) is 24.9 Å². The van der Waals surface area contributed by atoms with Gasteiger partial charge < -0.3 is 10.0 Å². The second kappa shape index (κ2) is 5.29. The summed E-state index contributed by atoms with van der Waals surface area (Å²) in [6.07, 6.45) is 1.53. The molecule has 1 rings (SSSR count). The lowest BCUT2D eigenvalue weighted by molar-refractivity contribution is 0.0171. The number of hydrogen-bond donors (Lipinski definition) is 1. The first-order valence-electron chi connectivity index (χ1n) is 5.51. The Morgan fingerprint density at radius 1 is 1.20 bits per heavy atom. The maximum absolute atomic E-state index is 10.5. The van der Waals surface area contributed by atoms with Crippen LogP contribution in [-0.4, -0.2) is 30.6 Å². The van der Waals surface area contributed by atoms with E-state index in [1.807, 2.05) is 51.4 Å². The molecule has 0 fully saturated rings. The van der Waals surface area contributed by atoms with E-state index in [-0.39, 0.29) is 0 Å². The molecule has 0 bridgehead atoms. The molecule has 1 unspecified atom stereocenters. The molecular weight excluding hydrogens is 186 g/mol. The van der Waals surface area contributed by atoms with Gasteiger partial charge in [0.15, 0.2) is 0 Å². The average Bonchev–Trinajstić information content (AvgIpc) is 2.27. The van der Waals surface area contributed by atoms with Crippen LogP contribution in [0.4, 0.5) is 0 Å². The largest absolute Gasteiger partial charge is 0.385 e. The van der Waals surface area contributed by atoms with E-state index in [2.05, 4.69) is 4.90 Å². The van der Waals surface area contributed by atoms with Gasteiger partial charge in [0.2, 0.25) is 0 Å². The maximum atomic E-state index is 10.5. The van der Waals surface area contributed by atoms with Gasteiger partial charge in [0, 0.05) is 6.54 Å². The Hall–Kier alpha value is -0.860. The molecule has 2 heteroatoms. The molecule has 0 saturated carbocycles. The highest BCUT2D eigenvalue weighted by molar-refractivity contribution is 5.22. The fourth-order valence-corrected chi connectivity index (χ4v) is 1.68. The number of nitrogens with zero attached hydrogens (tertiary/aromatic N) is 1. The zero-order valence-electron chi connectivity index (χ0n) is 9.90. The Balaban J connectivity index is 2.76. The van der Waals surface area contributed by atoms with Crippen molar-refractivity contribution >= 4 is 0 Å². The van der Waals surface area contributed by atoms with Gasteiger partial charge in [-0.1, -0.05) is 37.3 Å². The van der Waals surface area contributed by atoms with E-state index in [4.69, 9.17) is 0 Å². The Bertz CT molecular complexity index is 284. The summed E-state index contributed by atoms with van der Waals surface area (Å²) in [6.45, 7) is 2.93. The third-order valence-electron chi connectivity index (χ3n) is 2.87. The van der Waals surface area contributed by atoms with Gasteiger partial charge in [-0.3, -0.25) is 0 Å². The van der Waals surface area contributed by atoms with Crippen molar-refractivity contribution in [2.45, 2.75) is 25.4 Å². The first-order chi connectivity index (χ1) is 7.08. The smallest absolute Gasteiger partial charge is 0.0906 e. The van der Waals surface area contributed by atoms with Gasteiger partial charge in [0.05, 0.1) is 5.60 Å². The molecular formula is C13H21NO. The summed E-state index contributed by atoms with van der Waals surface area (Å²) in [6, 6.07) is 9.93. The van der Waals surface area contributed by atoms with E-state index >= 15 is 0 Å². The Morgan fingerprint density at radius 2 is 1.80 bits per heavy atom. The van der Waals surface area contributed by atoms with E-state index in [9.17, 15) is 5.11 Å².